The summed E-state index contributed by atoms with van der Waals surface area (Å²) in [5.74, 6) is 0.677. The second kappa shape index (κ2) is 9.20. The SMILES string of the molecule is Cc1cc(OCCc2nc(-c3cccc(Cl)c3Cl)ns2)ccc1OC(C)(C)C(=O)O. The van der Waals surface area contributed by atoms with E-state index in [0.717, 1.165) is 10.6 Å². The predicted molar refractivity (Wildman–Crippen MR) is 118 cm³/mol. The van der Waals surface area contributed by atoms with Gasteiger partial charge in [-0.25, -0.2) is 9.78 Å². The Morgan fingerprint density at radius 1 is 1.23 bits per heavy atom. The summed E-state index contributed by atoms with van der Waals surface area (Å²) in [5, 5.41) is 10.9. The van der Waals surface area contributed by atoms with Gasteiger partial charge in [0.2, 0.25) is 0 Å². The van der Waals surface area contributed by atoms with E-state index in [1.807, 2.05) is 19.1 Å². The van der Waals surface area contributed by atoms with E-state index in [1.165, 1.54) is 25.4 Å². The lowest BCUT2D eigenvalue weighted by Crippen LogP contribution is -2.38. The highest BCUT2D eigenvalue weighted by Gasteiger charge is 2.29. The quantitative estimate of drug-likeness (QED) is 0.459. The monoisotopic (exact) mass is 466 g/mol. The van der Waals surface area contributed by atoms with Crippen LogP contribution in [-0.4, -0.2) is 32.6 Å². The van der Waals surface area contributed by atoms with E-state index in [1.54, 1.807) is 24.3 Å². The number of ether oxygens (including phenoxy) is 2. The summed E-state index contributed by atoms with van der Waals surface area (Å²) in [7, 11) is 0. The lowest BCUT2D eigenvalue weighted by atomic mass is 10.1. The molecule has 0 fully saturated rings. The van der Waals surface area contributed by atoms with Gasteiger partial charge < -0.3 is 14.6 Å². The van der Waals surface area contributed by atoms with Crippen molar-refractivity contribution in [1.82, 2.24) is 9.36 Å². The summed E-state index contributed by atoms with van der Waals surface area (Å²) < 4.78 is 15.8. The molecule has 0 unspecified atom stereocenters. The molecule has 1 aromatic heterocycles. The van der Waals surface area contributed by atoms with Crippen LogP contribution in [0.25, 0.3) is 11.4 Å². The highest BCUT2D eigenvalue weighted by molar-refractivity contribution is 7.05. The zero-order valence-electron chi connectivity index (χ0n) is 16.6. The van der Waals surface area contributed by atoms with Crippen LogP contribution in [0.2, 0.25) is 10.0 Å². The largest absolute Gasteiger partial charge is 0.493 e. The van der Waals surface area contributed by atoms with Crippen molar-refractivity contribution in [3.63, 3.8) is 0 Å². The van der Waals surface area contributed by atoms with Crippen LogP contribution in [0.4, 0.5) is 0 Å². The van der Waals surface area contributed by atoms with Crippen molar-refractivity contribution in [3.8, 4) is 22.9 Å². The minimum atomic E-state index is -1.31. The number of carbonyl (C=O) groups is 1. The van der Waals surface area contributed by atoms with Crippen LogP contribution >= 0.6 is 34.7 Å². The fourth-order valence-corrected chi connectivity index (χ4v) is 3.56. The number of carboxylic acids is 1. The molecular formula is C21H20Cl2N2O4S. The van der Waals surface area contributed by atoms with Gasteiger partial charge in [0.25, 0.3) is 0 Å². The molecule has 0 saturated carbocycles. The highest BCUT2D eigenvalue weighted by atomic mass is 35.5. The molecule has 158 valence electrons. The number of rotatable bonds is 8. The number of aliphatic carboxylic acids is 1. The average molecular weight is 467 g/mol. The molecule has 0 aliphatic rings. The van der Waals surface area contributed by atoms with Crippen molar-refractivity contribution in [2.45, 2.75) is 32.8 Å². The average Bonchev–Trinajstić information content (AvgIpc) is 3.14. The Morgan fingerprint density at radius 3 is 2.70 bits per heavy atom. The van der Waals surface area contributed by atoms with Crippen LogP contribution in [0.15, 0.2) is 36.4 Å². The standard InChI is InChI=1S/C21H20Cl2N2O4S/c1-12-11-13(7-8-16(12)29-21(2,3)20(26)27)28-10-9-17-24-19(25-30-17)14-5-4-6-15(22)18(14)23/h4-8,11H,9-10H2,1-3H3,(H,26,27). The second-order valence-electron chi connectivity index (χ2n) is 7.06. The minimum Gasteiger partial charge on any atom is -0.493 e. The van der Waals surface area contributed by atoms with Gasteiger partial charge in [-0.2, -0.15) is 4.37 Å². The summed E-state index contributed by atoms with van der Waals surface area (Å²) in [5.41, 5.74) is 0.174. The molecule has 0 atom stereocenters. The molecule has 0 spiro atoms. The van der Waals surface area contributed by atoms with Crippen LogP contribution in [0.3, 0.4) is 0 Å². The lowest BCUT2D eigenvalue weighted by Gasteiger charge is -2.23. The number of hydrogen-bond donors (Lipinski definition) is 1. The van der Waals surface area contributed by atoms with Gasteiger partial charge in [-0.3, -0.25) is 0 Å². The molecule has 0 bridgehead atoms. The van der Waals surface area contributed by atoms with Crippen molar-refractivity contribution in [2.24, 2.45) is 0 Å². The van der Waals surface area contributed by atoms with Crippen molar-refractivity contribution < 1.29 is 19.4 Å². The van der Waals surface area contributed by atoms with Crippen LogP contribution < -0.4 is 9.47 Å². The maximum Gasteiger partial charge on any atom is 0.347 e. The van der Waals surface area contributed by atoms with Gasteiger partial charge in [-0.1, -0.05) is 29.3 Å². The molecule has 6 nitrogen and oxygen atoms in total. The van der Waals surface area contributed by atoms with Crippen LogP contribution in [0.1, 0.15) is 24.4 Å². The van der Waals surface area contributed by atoms with E-state index < -0.39 is 11.6 Å². The Hall–Kier alpha value is -2.35. The van der Waals surface area contributed by atoms with Crippen molar-refractivity contribution in [1.29, 1.82) is 0 Å². The van der Waals surface area contributed by atoms with Gasteiger partial charge in [0.15, 0.2) is 11.4 Å². The smallest absolute Gasteiger partial charge is 0.347 e. The zero-order chi connectivity index (χ0) is 21.9. The minimum absolute atomic E-state index is 0.415. The Kier molecular flexibility index (Phi) is 6.85. The Bertz CT molecular complexity index is 1070. The molecule has 0 aliphatic carbocycles. The zero-order valence-corrected chi connectivity index (χ0v) is 18.9. The van der Waals surface area contributed by atoms with Crippen LogP contribution in [-0.2, 0) is 11.2 Å². The third-order valence-electron chi connectivity index (χ3n) is 4.27. The van der Waals surface area contributed by atoms with Gasteiger partial charge in [0, 0.05) is 12.0 Å². The van der Waals surface area contributed by atoms with Crippen LogP contribution in [0, 0.1) is 6.92 Å². The fraction of sp³-hybridized carbons (Fsp3) is 0.286. The maximum absolute atomic E-state index is 11.2. The molecule has 9 heteroatoms. The first-order valence-electron chi connectivity index (χ1n) is 9.10. The first-order valence-corrected chi connectivity index (χ1v) is 10.6. The molecule has 0 saturated heterocycles. The number of nitrogens with zero attached hydrogens (tertiary/aromatic N) is 2. The number of aromatic nitrogens is 2. The molecule has 3 rings (SSSR count). The van der Waals surface area contributed by atoms with E-state index in [9.17, 15) is 9.90 Å². The number of aryl methyl sites for hydroxylation is 1. The van der Waals surface area contributed by atoms with Crippen molar-refractivity contribution in [3.05, 3.63) is 57.0 Å². The van der Waals surface area contributed by atoms with E-state index in [0.29, 0.717) is 46.0 Å². The van der Waals surface area contributed by atoms with Gasteiger partial charge in [-0.05, 0) is 68.2 Å². The lowest BCUT2D eigenvalue weighted by molar-refractivity contribution is -0.152. The summed E-state index contributed by atoms with van der Waals surface area (Å²) in [6.45, 7) is 5.27. The van der Waals surface area contributed by atoms with Gasteiger partial charge in [0.1, 0.15) is 16.5 Å². The third-order valence-corrected chi connectivity index (χ3v) is 5.86. The Morgan fingerprint density at radius 2 is 2.00 bits per heavy atom. The van der Waals surface area contributed by atoms with E-state index >= 15 is 0 Å². The van der Waals surface area contributed by atoms with Gasteiger partial charge in [-0.15, -0.1) is 0 Å². The number of carboxylic acid groups (broad SMARTS) is 1. The summed E-state index contributed by atoms with van der Waals surface area (Å²) in [4.78, 5) is 15.7. The van der Waals surface area contributed by atoms with E-state index in [2.05, 4.69) is 9.36 Å². The molecule has 1 heterocycles. The maximum atomic E-state index is 11.2. The molecule has 30 heavy (non-hydrogen) atoms. The first kappa shape index (κ1) is 22.3. The molecule has 0 radical (unpaired) electrons. The van der Waals surface area contributed by atoms with E-state index in [-0.39, 0.29) is 0 Å². The summed E-state index contributed by atoms with van der Waals surface area (Å²) in [6.07, 6.45) is 0.583. The number of halogens is 2. The molecule has 2 aromatic carbocycles. The normalized spacial score (nSPS) is 11.4. The van der Waals surface area contributed by atoms with Gasteiger partial charge >= 0.3 is 5.97 Å². The number of benzene rings is 2. The number of hydrogen-bond acceptors (Lipinski definition) is 6. The molecule has 0 aliphatic heterocycles. The highest BCUT2D eigenvalue weighted by Crippen LogP contribution is 2.32. The topological polar surface area (TPSA) is 81.5 Å². The third kappa shape index (κ3) is 5.22. The molecule has 3 aromatic rings. The van der Waals surface area contributed by atoms with Crippen molar-refractivity contribution in [2.75, 3.05) is 6.61 Å². The van der Waals surface area contributed by atoms with Gasteiger partial charge in [0.05, 0.1) is 16.7 Å². The molecular weight excluding hydrogens is 447 g/mol. The second-order valence-corrected chi connectivity index (χ2v) is 8.68. The van der Waals surface area contributed by atoms with Crippen LogP contribution in [0.5, 0.6) is 11.5 Å². The summed E-state index contributed by atoms with van der Waals surface area (Å²) >= 11 is 13.6. The van der Waals surface area contributed by atoms with Crippen molar-refractivity contribution >= 4 is 40.7 Å². The Balaban J connectivity index is 1.60. The summed E-state index contributed by atoms with van der Waals surface area (Å²) in [6, 6.07) is 10.6. The molecule has 1 N–H and O–H groups in total. The Labute approximate surface area is 188 Å². The predicted octanol–water partition coefficient (Wildman–Crippen LogP) is 5.68. The molecule has 0 amide bonds. The van der Waals surface area contributed by atoms with E-state index in [4.69, 9.17) is 32.7 Å². The fourth-order valence-electron chi connectivity index (χ4n) is 2.54. The first-order chi connectivity index (χ1) is 14.2.